The second kappa shape index (κ2) is 13.4. The van der Waals surface area contributed by atoms with Gasteiger partial charge in [0.05, 0.1) is 18.6 Å². The number of ether oxygens (including phenoxy) is 1. The molecule has 0 atom stereocenters. The maximum atomic E-state index is 14.2. The van der Waals surface area contributed by atoms with Gasteiger partial charge in [-0.05, 0) is 68.5 Å². The molecular weight excluding hydrogens is 571 g/mol. The first-order valence-electron chi connectivity index (χ1n) is 14.7. The first-order chi connectivity index (χ1) is 20.6. The summed E-state index contributed by atoms with van der Waals surface area (Å²) in [5.41, 5.74) is 3.68. The number of hydrogen-bond donors (Lipinski definition) is 2. The number of nitrogens with zero attached hydrogens (tertiary/aromatic N) is 4. The molecular formula is C31H39FN6O4S. The summed E-state index contributed by atoms with van der Waals surface area (Å²) < 4.78 is 49.1. The van der Waals surface area contributed by atoms with Gasteiger partial charge in [-0.1, -0.05) is 48.9 Å². The monoisotopic (exact) mass is 610 g/mol. The Bertz CT molecular complexity index is 1660. The van der Waals surface area contributed by atoms with Crippen molar-refractivity contribution in [1.29, 1.82) is 0 Å². The van der Waals surface area contributed by atoms with Crippen LogP contribution in [-0.4, -0.2) is 72.1 Å². The van der Waals surface area contributed by atoms with Crippen LogP contribution in [0, 0.1) is 24.6 Å². The van der Waals surface area contributed by atoms with Gasteiger partial charge in [0.2, 0.25) is 10.0 Å². The van der Waals surface area contributed by atoms with E-state index >= 15 is 0 Å². The molecule has 5 rings (SSSR count). The quantitative estimate of drug-likeness (QED) is 0.226. The molecule has 0 aliphatic carbocycles. The molecule has 43 heavy (non-hydrogen) atoms. The summed E-state index contributed by atoms with van der Waals surface area (Å²) in [4.78, 5) is 18.3. The van der Waals surface area contributed by atoms with E-state index in [1.54, 1.807) is 16.9 Å². The van der Waals surface area contributed by atoms with Crippen LogP contribution in [0.4, 0.5) is 4.39 Å². The molecule has 2 aromatic heterocycles. The van der Waals surface area contributed by atoms with Crippen molar-refractivity contribution in [2.45, 2.75) is 45.9 Å². The summed E-state index contributed by atoms with van der Waals surface area (Å²) >= 11 is 0. The van der Waals surface area contributed by atoms with E-state index in [2.05, 4.69) is 24.9 Å². The molecule has 1 aliphatic heterocycles. The second-order valence-electron chi connectivity index (χ2n) is 11.8. The predicted octanol–water partition coefficient (Wildman–Crippen LogP) is 4.52. The summed E-state index contributed by atoms with van der Waals surface area (Å²) in [5, 5.41) is 9.21. The van der Waals surface area contributed by atoms with Crippen molar-refractivity contribution >= 4 is 26.9 Å². The molecule has 1 aliphatic rings. The smallest absolute Gasteiger partial charge is 0.355 e. The molecule has 10 nitrogen and oxygen atoms in total. The Hall–Kier alpha value is -3.61. The molecule has 2 N–H and O–H groups in total. The number of piperidine rings is 1. The van der Waals surface area contributed by atoms with Gasteiger partial charge in [-0.2, -0.15) is 0 Å². The largest absolute Gasteiger partial charge is 0.461 e. The van der Waals surface area contributed by atoms with Crippen molar-refractivity contribution in [3.63, 3.8) is 0 Å². The summed E-state index contributed by atoms with van der Waals surface area (Å²) in [6, 6.07) is 11.9. The highest BCUT2D eigenvalue weighted by atomic mass is 32.2. The number of esters is 1. The highest BCUT2D eigenvalue weighted by Gasteiger charge is 2.25. The van der Waals surface area contributed by atoms with E-state index in [0.717, 1.165) is 37.1 Å². The highest BCUT2D eigenvalue weighted by molar-refractivity contribution is 7.88. The average molecular weight is 611 g/mol. The Morgan fingerprint density at radius 3 is 2.63 bits per heavy atom. The van der Waals surface area contributed by atoms with Crippen molar-refractivity contribution in [1.82, 2.24) is 29.6 Å². The van der Waals surface area contributed by atoms with E-state index in [9.17, 15) is 17.6 Å². The molecule has 0 radical (unpaired) electrons. The van der Waals surface area contributed by atoms with Gasteiger partial charge in [0.15, 0.2) is 0 Å². The van der Waals surface area contributed by atoms with Crippen LogP contribution in [0.2, 0.25) is 0 Å². The molecule has 1 fully saturated rings. The van der Waals surface area contributed by atoms with Crippen LogP contribution in [0.15, 0.2) is 48.7 Å². The van der Waals surface area contributed by atoms with Crippen LogP contribution in [0.5, 0.6) is 0 Å². The summed E-state index contributed by atoms with van der Waals surface area (Å²) in [5.74, 6) is -0.397. The number of nitrogens with one attached hydrogen (secondary N) is 2. The van der Waals surface area contributed by atoms with Gasteiger partial charge in [0.1, 0.15) is 17.2 Å². The minimum absolute atomic E-state index is 0.0244. The van der Waals surface area contributed by atoms with E-state index in [4.69, 9.17) is 4.74 Å². The molecule has 0 spiro atoms. The fourth-order valence-corrected chi connectivity index (χ4v) is 6.51. The van der Waals surface area contributed by atoms with Crippen LogP contribution in [0.3, 0.4) is 0 Å². The number of benzene rings is 2. The first-order valence-corrected chi connectivity index (χ1v) is 16.4. The first kappa shape index (κ1) is 30.8. The normalized spacial score (nSPS) is 15.0. The standard InChI is InChI=1S/C31H39FN6O4S/c1-21(2)19-42-31(39)30-29(26-16-25(32)8-9-27(26)34-30)28-18-38(36-35-28)17-23-10-13-37(14-11-23)15-12-33-43(40,41)20-24-6-4-22(3)5-7-24/h4-9,16,18,21,23,33-34H,10-15,17,19-20H2,1-3H3. The summed E-state index contributed by atoms with van der Waals surface area (Å²) in [7, 11) is -3.40. The van der Waals surface area contributed by atoms with Crippen molar-refractivity contribution < 1.29 is 22.3 Å². The van der Waals surface area contributed by atoms with Crippen LogP contribution in [-0.2, 0) is 27.1 Å². The van der Waals surface area contributed by atoms with Crippen LogP contribution < -0.4 is 4.72 Å². The lowest BCUT2D eigenvalue weighted by Gasteiger charge is -2.31. The molecule has 12 heteroatoms. The van der Waals surface area contributed by atoms with Gasteiger partial charge in [-0.3, -0.25) is 4.68 Å². The van der Waals surface area contributed by atoms with Gasteiger partial charge in [0, 0.05) is 36.1 Å². The average Bonchev–Trinajstić information content (AvgIpc) is 3.57. The number of rotatable bonds is 12. The Kier molecular flexibility index (Phi) is 9.58. The molecule has 1 saturated heterocycles. The Balaban J connectivity index is 1.16. The maximum Gasteiger partial charge on any atom is 0.355 e. The molecule has 0 bridgehead atoms. The van der Waals surface area contributed by atoms with Gasteiger partial charge in [0.25, 0.3) is 0 Å². The minimum Gasteiger partial charge on any atom is -0.461 e. The predicted molar refractivity (Wildman–Crippen MR) is 163 cm³/mol. The van der Waals surface area contributed by atoms with Crippen molar-refractivity contribution in [2.75, 3.05) is 32.8 Å². The number of aryl methyl sites for hydroxylation is 1. The highest BCUT2D eigenvalue weighted by Crippen LogP contribution is 2.32. The summed E-state index contributed by atoms with van der Waals surface area (Å²) in [6.45, 7) is 9.57. The fourth-order valence-electron chi connectivity index (χ4n) is 5.37. The van der Waals surface area contributed by atoms with E-state index in [0.29, 0.717) is 47.7 Å². The SMILES string of the molecule is Cc1ccc(CS(=O)(=O)NCCN2CCC(Cn3cc(-c4c(C(=O)OCC(C)C)[nH]c5ccc(F)cc45)nn3)CC2)cc1. The Morgan fingerprint density at radius 2 is 1.91 bits per heavy atom. The third-order valence-electron chi connectivity index (χ3n) is 7.69. The van der Waals surface area contributed by atoms with Crippen LogP contribution in [0.25, 0.3) is 22.2 Å². The number of aromatic nitrogens is 4. The van der Waals surface area contributed by atoms with Crippen molar-refractivity contribution in [2.24, 2.45) is 11.8 Å². The van der Waals surface area contributed by atoms with Crippen LogP contribution in [0.1, 0.15) is 48.3 Å². The minimum atomic E-state index is -3.40. The number of aromatic amines is 1. The van der Waals surface area contributed by atoms with Crippen molar-refractivity contribution in [3.05, 3.63) is 71.3 Å². The molecule has 3 heterocycles. The summed E-state index contributed by atoms with van der Waals surface area (Å²) in [6.07, 6.45) is 3.68. The lowest BCUT2D eigenvalue weighted by atomic mass is 9.97. The topological polar surface area (TPSA) is 122 Å². The number of carbonyl (C=O) groups is 1. The van der Waals surface area contributed by atoms with E-state index in [1.165, 1.54) is 12.1 Å². The third-order valence-corrected chi connectivity index (χ3v) is 9.04. The molecule has 4 aromatic rings. The third kappa shape index (κ3) is 8.07. The zero-order chi connectivity index (χ0) is 30.6. The molecule has 2 aromatic carbocycles. The Labute approximate surface area is 251 Å². The van der Waals surface area contributed by atoms with Gasteiger partial charge in [-0.15, -0.1) is 5.10 Å². The number of H-pyrrole nitrogens is 1. The number of fused-ring (bicyclic) bond motifs is 1. The lowest BCUT2D eigenvalue weighted by molar-refractivity contribution is 0.0454. The van der Waals surface area contributed by atoms with E-state index in [-0.39, 0.29) is 24.0 Å². The van der Waals surface area contributed by atoms with Crippen molar-refractivity contribution in [3.8, 4) is 11.3 Å². The number of carbonyl (C=O) groups excluding carboxylic acids is 1. The van der Waals surface area contributed by atoms with E-state index < -0.39 is 21.8 Å². The number of halogens is 1. The molecule has 230 valence electrons. The maximum absolute atomic E-state index is 14.2. The van der Waals surface area contributed by atoms with Gasteiger partial charge < -0.3 is 14.6 Å². The molecule has 0 unspecified atom stereocenters. The zero-order valence-corrected chi connectivity index (χ0v) is 25.7. The number of hydrogen-bond acceptors (Lipinski definition) is 7. The molecule has 0 amide bonds. The zero-order valence-electron chi connectivity index (χ0n) is 24.8. The number of likely N-dealkylation sites (tertiary alicyclic amines) is 1. The Morgan fingerprint density at radius 1 is 1.16 bits per heavy atom. The molecule has 0 saturated carbocycles. The van der Waals surface area contributed by atoms with Gasteiger partial charge >= 0.3 is 5.97 Å². The van der Waals surface area contributed by atoms with E-state index in [1.807, 2.05) is 45.0 Å². The second-order valence-corrected chi connectivity index (χ2v) is 13.6. The van der Waals surface area contributed by atoms with Crippen LogP contribution >= 0.6 is 0 Å². The lowest BCUT2D eigenvalue weighted by Crippen LogP contribution is -2.40. The van der Waals surface area contributed by atoms with Gasteiger partial charge in [-0.25, -0.2) is 22.3 Å². The number of sulfonamides is 1. The fraction of sp³-hybridized carbons (Fsp3) is 0.452.